The molecule has 154 valence electrons. The second kappa shape index (κ2) is 11.1. The third-order valence-corrected chi connectivity index (χ3v) is 4.81. The lowest BCUT2D eigenvalue weighted by molar-refractivity contribution is 0.279. The average molecular weight is 436 g/mol. The van der Waals surface area contributed by atoms with Gasteiger partial charge in [-0.2, -0.15) is 0 Å². The lowest BCUT2D eigenvalue weighted by Crippen LogP contribution is -2.18. The minimum atomic E-state index is -0.312. The summed E-state index contributed by atoms with van der Waals surface area (Å²) in [5, 5.41) is 3.90. The molecule has 0 saturated heterocycles. The normalized spacial score (nSPS) is 11.4. The second-order valence-corrected chi connectivity index (χ2v) is 6.91. The molecule has 0 aliphatic heterocycles. The minimum Gasteiger partial charge on any atom is -0.493 e. The van der Waals surface area contributed by atoms with E-state index < -0.39 is 0 Å². The molecule has 3 rings (SSSR count). The maximum atomic E-state index is 13.8. The fraction of sp³-hybridized carbons (Fsp3) is 0.217. The van der Waals surface area contributed by atoms with Crippen molar-refractivity contribution in [3.8, 4) is 11.5 Å². The van der Waals surface area contributed by atoms with Crippen molar-refractivity contribution in [2.75, 3.05) is 7.11 Å². The summed E-state index contributed by atoms with van der Waals surface area (Å²) in [4.78, 5) is 0. The van der Waals surface area contributed by atoms with Gasteiger partial charge in [-0.05, 0) is 36.2 Å². The first-order chi connectivity index (χ1) is 13.6. The van der Waals surface area contributed by atoms with Crippen molar-refractivity contribution in [3.63, 3.8) is 0 Å². The molecular formula is C23H24Cl2FNO2. The first-order valence-electron chi connectivity index (χ1n) is 9.09. The van der Waals surface area contributed by atoms with Gasteiger partial charge in [0.15, 0.2) is 11.5 Å². The summed E-state index contributed by atoms with van der Waals surface area (Å²) in [5.41, 5.74) is 2.65. The molecule has 0 aliphatic rings. The number of ether oxygens (including phenoxy) is 2. The molecule has 0 heterocycles. The summed E-state index contributed by atoms with van der Waals surface area (Å²) in [6.45, 7) is 2.81. The van der Waals surface area contributed by atoms with Crippen molar-refractivity contribution in [2.24, 2.45) is 0 Å². The van der Waals surface area contributed by atoms with Crippen LogP contribution in [0.4, 0.5) is 4.39 Å². The molecule has 0 aliphatic carbocycles. The monoisotopic (exact) mass is 435 g/mol. The smallest absolute Gasteiger partial charge is 0.180 e. The van der Waals surface area contributed by atoms with Crippen LogP contribution in [0.25, 0.3) is 0 Å². The minimum absolute atomic E-state index is 0. The number of hydrogen-bond acceptors (Lipinski definition) is 3. The summed E-state index contributed by atoms with van der Waals surface area (Å²) in [6, 6.07) is 20.6. The summed E-state index contributed by atoms with van der Waals surface area (Å²) < 4.78 is 25.0. The lowest BCUT2D eigenvalue weighted by Gasteiger charge is -2.17. The molecule has 0 saturated carbocycles. The van der Waals surface area contributed by atoms with E-state index in [-0.39, 0.29) is 30.9 Å². The highest BCUT2D eigenvalue weighted by molar-refractivity contribution is 6.32. The molecule has 0 fully saturated rings. The lowest BCUT2D eigenvalue weighted by atomic mass is 10.1. The van der Waals surface area contributed by atoms with Crippen molar-refractivity contribution >= 4 is 24.0 Å². The molecule has 0 bridgehead atoms. The highest BCUT2D eigenvalue weighted by atomic mass is 35.5. The number of benzene rings is 3. The predicted octanol–water partition coefficient (Wildman–Crippen LogP) is 6.34. The van der Waals surface area contributed by atoms with Gasteiger partial charge in [-0.3, -0.25) is 0 Å². The van der Waals surface area contributed by atoms with Crippen LogP contribution in [-0.2, 0) is 13.2 Å². The average Bonchev–Trinajstić information content (AvgIpc) is 2.72. The van der Waals surface area contributed by atoms with Crippen molar-refractivity contribution in [1.29, 1.82) is 0 Å². The largest absolute Gasteiger partial charge is 0.493 e. The van der Waals surface area contributed by atoms with Crippen LogP contribution in [0.2, 0.25) is 5.02 Å². The Morgan fingerprint density at radius 3 is 2.41 bits per heavy atom. The van der Waals surface area contributed by atoms with Gasteiger partial charge in [0.2, 0.25) is 0 Å². The van der Waals surface area contributed by atoms with Crippen LogP contribution in [0.5, 0.6) is 11.5 Å². The highest BCUT2D eigenvalue weighted by Crippen LogP contribution is 2.37. The van der Waals surface area contributed by atoms with E-state index in [4.69, 9.17) is 21.1 Å². The predicted molar refractivity (Wildman–Crippen MR) is 118 cm³/mol. The Bertz CT molecular complexity index is 922. The second-order valence-electron chi connectivity index (χ2n) is 6.50. The SMILES string of the molecule is COc1cc(CNC(C)c2ccccc2)cc(Cl)c1OCc1ccccc1F.Cl. The van der Waals surface area contributed by atoms with Gasteiger partial charge < -0.3 is 14.8 Å². The highest BCUT2D eigenvalue weighted by Gasteiger charge is 2.14. The summed E-state index contributed by atoms with van der Waals surface area (Å²) >= 11 is 6.43. The first-order valence-corrected chi connectivity index (χ1v) is 9.47. The Morgan fingerprint density at radius 2 is 1.72 bits per heavy atom. The van der Waals surface area contributed by atoms with Crippen LogP contribution < -0.4 is 14.8 Å². The van der Waals surface area contributed by atoms with E-state index in [1.807, 2.05) is 30.3 Å². The molecule has 0 radical (unpaired) electrons. The number of halogens is 3. The summed E-state index contributed by atoms with van der Waals surface area (Å²) in [7, 11) is 1.56. The Morgan fingerprint density at radius 1 is 1.03 bits per heavy atom. The maximum Gasteiger partial charge on any atom is 0.180 e. The van der Waals surface area contributed by atoms with Gasteiger partial charge in [-0.1, -0.05) is 60.1 Å². The molecule has 0 spiro atoms. The van der Waals surface area contributed by atoms with E-state index in [0.29, 0.717) is 28.6 Å². The van der Waals surface area contributed by atoms with Gasteiger partial charge in [-0.15, -0.1) is 12.4 Å². The van der Waals surface area contributed by atoms with Gasteiger partial charge in [0.25, 0.3) is 0 Å². The zero-order valence-corrected chi connectivity index (χ0v) is 17.9. The topological polar surface area (TPSA) is 30.5 Å². The fourth-order valence-corrected chi connectivity index (χ4v) is 3.20. The number of methoxy groups -OCH3 is 1. The van der Waals surface area contributed by atoms with Crippen LogP contribution in [0.15, 0.2) is 66.7 Å². The molecule has 29 heavy (non-hydrogen) atoms. The number of rotatable bonds is 8. The molecule has 1 atom stereocenters. The van der Waals surface area contributed by atoms with Crippen LogP contribution >= 0.6 is 24.0 Å². The number of hydrogen-bond donors (Lipinski definition) is 1. The third-order valence-electron chi connectivity index (χ3n) is 4.53. The Labute approximate surface area is 182 Å². The van der Waals surface area contributed by atoms with Gasteiger partial charge in [0.05, 0.1) is 12.1 Å². The standard InChI is InChI=1S/C23H23ClFNO2.ClH/c1-16(18-8-4-3-5-9-18)26-14-17-12-20(24)23(22(13-17)27-2)28-15-19-10-6-7-11-21(19)25;/h3-13,16,26H,14-15H2,1-2H3;1H. The third kappa shape index (κ3) is 6.10. The molecule has 3 aromatic rings. The zero-order chi connectivity index (χ0) is 19.9. The van der Waals surface area contributed by atoms with E-state index in [2.05, 4.69) is 24.4 Å². The van der Waals surface area contributed by atoms with E-state index in [0.717, 1.165) is 5.56 Å². The zero-order valence-electron chi connectivity index (χ0n) is 16.3. The van der Waals surface area contributed by atoms with Crippen molar-refractivity contribution in [2.45, 2.75) is 26.1 Å². The quantitative estimate of drug-likeness (QED) is 0.447. The summed E-state index contributed by atoms with van der Waals surface area (Å²) in [6.07, 6.45) is 0. The molecule has 1 N–H and O–H groups in total. The van der Waals surface area contributed by atoms with E-state index in [9.17, 15) is 4.39 Å². The van der Waals surface area contributed by atoms with Gasteiger partial charge >= 0.3 is 0 Å². The van der Waals surface area contributed by atoms with Crippen molar-refractivity contribution in [1.82, 2.24) is 5.32 Å². The molecule has 1 unspecified atom stereocenters. The van der Waals surface area contributed by atoms with Crippen LogP contribution in [0, 0.1) is 5.82 Å². The molecule has 0 aromatic heterocycles. The van der Waals surface area contributed by atoms with Crippen LogP contribution in [0.1, 0.15) is 29.7 Å². The first kappa shape index (κ1) is 23.0. The molecule has 3 aromatic carbocycles. The molecule has 6 heteroatoms. The maximum absolute atomic E-state index is 13.8. The Kier molecular flexibility index (Phi) is 8.77. The van der Waals surface area contributed by atoms with E-state index in [1.54, 1.807) is 25.3 Å². The Hall–Kier alpha value is -2.27. The van der Waals surface area contributed by atoms with Gasteiger partial charge in [0.1, 0.15) is 12.4 Å². The van der Waals surface area contributed by atoms with Crippen molar-refractivity contribution in [3.05, 3.63) is 94.3 Å². The molecular weight excluding hydrogens is 412 g/mol. The van der Waals surface area contributed by atoms with Gasteiger partial charge in [-0.25, -0.2) is 4.39 Å². The Balaban J connectivity index is 0.00000300. The fourth-order valence-electron chi connectivity index (χ4n) is 2.91. The van der Waals surface area contributed by atoms with Gasteiger partial charge in [0, 0.05) is 18.2 Å². The molecule has 0 amide bonds. The van der Waals surface area contributed by atoms with Crippen molar-refractivity contribution < 1.29 is 13.9 Å². The number of nitrogens with one attached hydrogen (secondary N) is 1. The summed E-state index contributed by atoms with van der Waals surface area (Å²) in [5.74, 6) is 0.619. The van der Waals surface area contributed by atoms with E-state index in [1.165, 1.54) is 11.6 Å². The molecule has 3 nitrogen and oxygen atoms in total. The van der Waals surface area contributed by atoms with Crippen LogP contribution in [-0.4, -0.2) is 7.11 Å². The van der Waals surface area contributed by atoms with E-state index >= 15 is 0 Å². The van der Waals surface area contributed by atoms with Crippen LogP contribution in [0.3, 0.4) is 0 Å².